The fourth-order valence-electron chi connectivity index (χ4n) is 1.99. The fraction of sp³-hybridized carbons (Fsp3) is 0.500. The van der Waals surface area contributed by atoms with Gasteiger partial charge in [0.2, 0.25) is 5.91 Å². The molecule has 1 fully saturated rings. The summed E-state index contributed by atoms with van der Waals surface area (Å²) in [5, 5.41) is 9.81. The van der Waals surface area contributed by atoms with Crippen LogP contribution in [0.5, 0.6) is 0 Å². The average molecular weight is 249 g/mol. The summed E-state index contributed by atoms with van der Waals surface area (Å²) >= 11 is 0. The van der Waals surface area contributed by atoms with Crippen LogP contribution in [0.4, 0.5) is 0 Å². The maximum Gasteiger partial charge on any atom is 0.248 e. The zero-order valence-electron chi connectivity index (χ0n) is 10.6. The number of amides is 1. The maximum absolute atomic E-state index is 11.7. The zero-order chi connectivity index (χ0) is 13.0. The highest BCUT2D eigenvalue weighted by molar-refractivity contribution is 5.78. The molecule has 1 amide bonds. The van der Waals surface area contributed by atoms with Crippen LogP contribution in [0.1, 0.15) is 18.9 Å². The van der Waals surface area contributed by atoms with Crippen LogP contribution < -0.4 is 0 Å². The zero-order valence-corrected chi connectivity index (χ0v) is 10.6. The summed E-state index contributed by atoms with van der Waals surface area (Å²) in [7, 11) is 0. The molecule has 1 heterocycles. The Morgan fingerprint density at radius 3 is 2.67 bits per heavy atom. The van der Waals surface area contributed by atoms with Gasteiger partial charge in [0.05, 0.1) is 25.3 Å². The van der Waals surface area contributed by atoms with Crippen LogP contribution >= 0.6 is 0 Å². The SMILES string of the molecule is CCC1(O)CN(C(=O)COCc2ccccc2)C1. The summed E-state index contributed by atoms with van der Waals surface area (Å²) in [5.74, 6) is -0.0518. The summed E-state index contributed by atoms with van der Waals surface area (Å²) in [5.41, 5.74) is 0.383. The van der Waals surface area contributed by atoms with Crippen molar-refractivity contribution in [3.63, 3.8) is 0 Å². The van der Waals surface area contributed by atoms with Crippen LogP contribution in [0.3, 0.4) is 0 Å². The fourth-order valence-corrected chi connectivity index (χ4v) is 1.99. The standard InChI is InChI=1S/C14H19NO3/c1-2-14(17)10-15(11-14)13(16)9-18-8-12-6-4-3-5-7-12/h3-7,17H,2,8-11H2,1H3. The molecule has 1 saturated heterocycles. The van der Waals surface area contributed by atoms with Gasteiger partial charge in [0, 0.05) is 0 Å². The van der Waals surface area contributed by atoms with Gasteiger partial charge < -0.3 is 14.7 Å². The van der Waals surface area contributed by atoms with E-state index in [-0.39, 0.29) is 12.5 Å². The Kier molecular flexibility index (Phi) is 3.99. The van der Waals surface area contributed by atoms with Crippen molar-refractivity contribution in [1.82, 2.24) is 4.90 Å². The molecule has 2 rings (SSSR count). The quantitative estimate of drug-likeness (QED) is 0.852. The van der Waals surface area contributed by atoms with Crippen molar-refractivity contribution >= 4 is 5.91 Å². The number of aliphatic hydroxyl groups is 1. The highest BCUT2D eigenvalue weighted by Gasteiger charge is 2.41. The molecule has 1 N–H and O–H groups in total. The molecule has 0 aromatic heterocycles. The van der Waals surface area contributed by atoms with E-state index in [1.54, 1.807) is 4.90 Å². The number of carbonyl (C=O) groups excluding carboxylic acids is 1. The lowest BCUT2D eigenvalue weighted by Gasteiger charge is -2.46. The molecule has 0 spiro atoms. The van der Waals surface area contributed by atoms with Crippen molar-refractivity contribution in [2.24, 2.45) is 0 Å². The second-order valence-corrected chi connectivity index (χ2v) is 4.81. The van der Waals surface area contributed by atoms with Crippen molar-refractivity contribution in [1.29, 1.82) is 0 Å². The van der Waals surface area contributed by atoms with Crippen molar-refractivity contribution in [3.8, 4) is 0 Å². The maximum atomic E-state index is 11.7. The van der Waals surface area contributed by atoms with Crippen LogP contribution in [0, 0.1) is 0 Å². The lowest BCUT2D eigenvalue weighted by Crippen LogP contribution is -2.63. The molecule has 98 valence electrons. The largest absolute Gasteiger partial charge is 0.386 e. The van der Waals surface area contributed by atoms with E-state index in [0.717, 1.165) is 5.56 Å². The van der Waals surface area contributed by atoms with Crippen LogP contribution in [-0.4, -0.2) is 41.2 Å². The minimum Gasteiger partial charge on any atom is -0.386 e. The molecule has 18 heavy (non-hydrogen) atoms. The number of hydrogen-bond acceptors (Lipinski definition) is 3. The molecule has 1 aromatic rings. The van der Waals surface area contributed by atoms with E-state index >= 15 is 0 Å². The Hall–Kier alpha value is -1.39. The minimum absolute atomic E-state index is 0.0518. The normalized spacial score (nSPS) is 17.3. The predicted molar refractivity (Wildman–Crippen MR) is 67.9 cm³/mol. The molecule has 0 bridgehead atoms. The molecule has 0 saturated carbocycles. The van der Waals surface area contributed by atoms with Crippen LogP contribution in [-0.2, 0) is 16.1 Å². The smallest absolute Gasteiger partial charge is 0.248 e. The van der Waals surface area contributed by atoms with E-state index in [1.165, 1.54) is 0 Å². The highest BCUT2D eigenvalue weighted by atomic mass is 16.5. The number of β-amino-alcohol motifs (C(OH)–C–C–N with tert-alkyl or cyclic N) is 1. The lowest BCUT2D eigenvalue weighted by molar-refractivity contribution is -0.160. The van der Waals surface area contributed by atoms with Crippen molar-refractivity contribution < 1.29 is 14.6 Å². The summed E-state index contributed by atoms with van der Waals surface area (Å²) in [4.78, 5) is 13.3. The first-order valence-corrected chi connectivity index (χ1v) is 6.25. The van der Waals surface area contributed by atoms with Crippen molar-refractivity contribution in [2.75, 3.05) is 19.7 Å². The van der Waals surface area contributed by atoms with Gasteiger partial charge in [-0.05, 0) is 12.0 Å². The van der Waals surface area contributed by atoms with Gasteiger partial charge in [0.1, 0.15) is 6.61 Å². The Balaban J connectivity index is 1.68. The van der Waals surface area contributed by atoms with E-state index in [0.29, 0.717) is 26.1 Å². The molecule has 0 unspecified atom stereocenters. The molecular weight excluding hydrogens is 230 g/mol. The number of carbonyl (C=O) groups is 1. The third-order valence-electron chi connectivity index (χ3n) is 3.32. The van der Waals surface area contributed by atoms with Crippen molar-refractivity contribution in [3.05, 3.63) is 35.9 Å². The molecule has 0 aliphatic carbocycles. The second kappa shape index (κ2) is 5.50. The molecule has 4 nitrogen and oxygen atoms in total. The van der Waals surface area contributed by atoms with E-state index in [2.05, 4.69) is 0 Å². The van der Waals surface area contributed by atoms with Gasteiger partial charge in [0.15, 0.2) is 0 Å². The number of likely N-dealkylation sites (tertiary alicyclic amines) is 1. The molecule has 1 aromatic carbocycles. The monoisotopic (exact) mass is 249 g/mol. The first kappa shape index (κ1) is 13.1. The second-order valence-electron chi connectivity index (χ2n) is 4.81. The van der Waals surface area contributed by atoms with Gasteiger partial charge in [-0.1, -0.05) is 37.3 Å². The third kappa shape index (κ3) is 3.09. The van der Waals surface area contributed by atoms with E-state index in [1.807, 2.05) is 37.3 Å². The van der Waals surface area contributed by atoms with Gasteiger partial charge in [-0.2, -0.15) is 0 Å². The minimum atomic E-state index is -0.672. The molecular formula is C14H19NO3. The number of ether oxygens (including phenoxy) is 1. The summed E-state index contributed by atoms with van der Waals surface area (Å²) in [6, 6.07) is 9.75. The molecule has 1 aliphatic heterocycles. The number of benzene rings is 1. The van der Waals surface area contributed by atoms with E-state index < -0.39 is 5.60 Å². The average Bonchev–Trinajstić information content (AvgIpc) is 2.36. The van der Waals surface area contributed by atoms with E-state index in [9.17, 15) is 9.90 Å². The number of hydrogen-bond donors (Lipinski definition) is 1. The van der Waals surface area contributed by atoms with Gasteiger partial charge >= 0.3 is 0 Å². The van der Waals surface area contributed by atoms with Crippen molar-refractivity contribution in [2.45, 2.75) is 25.6 Å². The number of nitrogens with zero attached hydrogens (tertiary/aromatic N) is 1. The van der Waals surface area contributed by atoms with Gasteiger partial charge in [-0.3, -0.25) is 4.79 Å². The molecule has 4 heteroatoms. The van der Waals surface area contributed by atoms with Crippen LogP contribution in [0.2, 0.25) is 0 Å². The van der Waals surface area contributed by atoms with Gasteiger partial charge in [0.25, 0.3) is 0 Å². The Bertz CT molecular complexity index is 399. The summed E-state index contributed by atoms with van der Waals surface area (Å²) < 4.78 is 5.37. The highest BCUT2D eigenvalue weighted by Crippen LogP contribution is 2.23. The summed E-state index contributed by atoms with van der Waals surface area (Å²) in [6.45, 7) is 3.30. The van der Waals surface area contributed by atoms with Gasteiger partial charge in [-0.15, -0.1) is 0 Å². The lowest BCUT2D eigenvalue weighted by atomic mass is 9.91. The van der Waals surface area contributed by atoms with E-state index in [4.69, 9.17) is 4.74 Å². The Morgan fingerprint density at radius 2 is 2.06 bits per heavy atom. The molecule has 0 radical (unpaired) electrons. The predicted octanol–water partition coefficient (Wildman–Crippen LogP) is 1.19. The van der Waals surface area contributed by atoms with Crippen LogP contribution in [0.25, 0.3) is 0 Å². The third-order valence-corrected chi connectivity index (χ3v) is 3.32. The summed E-state index contributed by atoms with van der Waals surface area (Å²) in [6.07, 6.45) is 0.682. The first-order chi connectivity index (χ1) is 8.63. The number of rotatable bonds is 5. The topological polar surface area (TPSA) is 49.8 Å². The first-order valence-electron chi connectivity index (χ1n) is 6.25. The molecule has 0 atom stereocenters. The Labute approximate surface area is 107 Å². The molecule has 1 aliphatic rings. The van der Waals surface area contributed by atoms with Gasteiger partial charge in [-0.25, -0.2) is 0 Å². The van der Waals surface area contributed by atoms with Crippen LogP contribution in [0.15, 0.2) is 30.3 Å². The Morgan fingerprint density at radius 1 is 1.39 bits per heavy atom.